The molecule has 0 radical (unpaired) electrons. The Bertz CT molecular complexity index is 1080. The summed E-state index contributed by atoms with van der Waals surface area (Å²) in [5, 5.41) is 0. The number of hydrogen-bond donors (Lipinski definition) is 1. The van der Waals surface area contributed by atoms with Gasteiger partial charge in [-0.25, -0.2) is 4.57 Å². The molecule has 0 spiro atoms. The summed E-state index contributed by atoms with van der Waals surface area (Å²) in [6.45, 7) is 7.52. The number of phosphoric ester groups is 1. The van der Waals surface area contributed by atoms with Gasteiger partial charge in [0.2, 0.25) is 0 Å². The first-order chi connectivity index (χ1) is 16.4. The summed E-state index contributed by atoms with van der Waals surface area (Å²) in [6, 6.07) is 22.9. The topological polar surface area (TPSA) is 76.1 Å². The molecule has 0 bridgehead atoms. The van der Waals surface area contributed by atoms with E-state index in [4.69, 9.17) is 9.05 Å². The molecule has 0 aliphatic carbocycles. The third kappa shape index (κ3) is 8.14. The van der Waals surface area contributed by atoms with Gasteiger partial charge in [-0.15, -0.1) is 0 Å². The Labute approximate surface area is 201 Å². The van der Waals surface area contributed by atoms with Gasteiger partial charge < -0.3 is 13.9 Å². The highest BCUT2D eigenvalue weighted by Gasteiger charge is 2.25. The highest BCUT2D eigenvalue weighted by Crippen LogP contribution is 2.44. The first kappa shape index (κ1) is 25.7. The van der Waals surface area contributed by atoms with E-state index in [0.29, 0.717) is 18.4 Å². The molecule has 0 aromatic heterocycles. The van der Waals surface area contributed by atoms with Crippen molar-refractivity contribution in [2.45, 2.75) is 33.1 Å². The van der Waals surface area contributed by atoms with E-state index in [2.05, 4.69) is 43.0 Å². The van der Waals surface area contributed by atoms with Gasteiger partial charge in [0.05, 0.1) is 0 Å². The van der Waals surface area contributed by atoms with Crippen molar-refractivity contribution in [1.29, 1.82) is 0 Å². The van der Waals surface area contributed by atoms with Crippen LogP contribution in [0.1, 0.15) is 41.8 Å². The molecule has 7 heteroatoms. The molecular formula is C27H32NO5P. The van der Waals surface area contributed by atoms with Gasteiger partial charge in [0.25, 0.3) is 0 Å². The van der Waals surface area contributed by atoms with E-state index >= 15 is 0 Å². The molecule has 0 aliphatic rings. The zero-order chi connectivity index (χ0) is 24.4. The molecule has 3 aromatic carbocycles. The van der Waals surface area contributed by atoms with Crippen LogP contribution >= 0.6 is 7.82 Å². The van der Waals surface area contributed by atoms with Crippen molar-refractivity contribution in [1.82, 2.24) is 4.90 Å². The highest BCUT2D eigenvalue weighted by atomic mass is 31.2. The minimum atomic E-state index is -4.33. The lowest BCUT2D eigenvalue weighted by Crippen LogP contribution is -2.25. The Balaban J connectivity index is 1.48. The summed E-state index contributed by atoms with van der Waals surface area (Å²) in [4.78, 5) is 24.9. The Hall–Kier alpha value is -2.92. The molecule has 180 valence electrons. The van der Waals surface area contributed by atoms with Crippen molar-refractivity contribution >= 4 is 13.6 Å². The van der Waals surface area contributed by atoms with Crippen LogP contribution in [0, 0.1) is 0 Å². The monoisotopic (exact) mass is 481 g/mol. The number of likely N-dealkylation sites (N-methyl/N-ethyl adjacent to an activating group) is 1. The minimum absolute atomic E-state index is 0.00452. The van der Waals surface area contributed by atoms with Crippen LogP contribution in [0.3, 0.4) is 0 Å². The molecule has 1 unspecified atom stereocenters. The van der Waals surface area contributed by atoms with Crippen molar-refractivity contribution in [3.63, 3.8) is 0 Å². The smallest absolute Gasteiger partial charge is 0.395 e. The van der Waals surface area contributed by atoms with E-state index in [0.717, 1.165) is 31.6 Å². The predicted octanol–water partition coefficient (Wildman–Crippen LogP) is 5.94. The largest absolute Gasteiger partial charge is 0.584 e. The number of benzene rings is 3. The van der Waals surface area contributed by atoms with Crippen LogP contribution in [0.25, 0.3) is 0 Å². The molecule has 0 amide bonds. The fourth-order valence-corrected chi connectivity index (χ4v) is 4.38. The van der Waals surface area contributed by atoms with Crippen LogP contribution in [0.2, 0.25) is 0 Å². The van der Waals surface area contributed by atoms with E-state index < -0.39 is 7.82 Å². The fourth-order valence-electron chi connectivity index (χ4n) is 3.57. The zero-order valence-corrected chi connectivity index (χ0v) is 20.6. The van der Waals surface area contributed by atoms with Gasteiger partial charge in [-0.2, -0.15) is 0 Å². The van der Waals surface area contributed by atoms with Crippen molar-refractivity contribution in [2.75, 3.05) is 19.6 Å². The number of para-hydroxylation sites is 1. The maximum absolute atomic E-state index is 12.6. The van der Waals surface area contributed by atoms with Crippen LogP contribution in [-0.2, 0) is 17.4 Å². The maximum Gasteiger partial charge on any atom is 0.584 e. The van der Waals surface area contributed by atoms with Gasteiger partial charge in [-0.05, 0) is 73.5 Å². The van der Waals surface area contributed by atoms with Crippen LogP contribution in [-0.4, -0.2) is 35.2 Å². The number of nitrogens with zero attached hydrogens (tertiary/aromatic N) is 1. The summed E-state index contributed by atoms with van der Waals surface area (Å²) in [5.74, 6) is 0.389. The second kappa shape index (κ2) is 12.5. The first-order valence-electron chi connectivity index (χ1n) is 11.6. The standard InChI is InChI=1S/C27H32NO5P/c1-3-28(4-2)21-20-23-12-10-22(11-13-23)14-19-27(29)24-15-17-26(18-16-24)33-34(30,31)32-25-8-6-5-7-9-25/h5-13,15-18H,3-4,14,19-21H2,1-2H3,(H,30,31). The average molecular weight is 482 g/mol. The summed E-state index contributed by atoms with van der Waals surface area (Å²) < 4.78 is 22.3. The number of aryl methyl sites for hydroxylation is 1. The Morgan fingerprint density at radius 1 is 0.794 bits per heavy atom. The Morgan fingerprint density at radius 3 is 1.88 bits per heavy atom. The molecule has 3 rings (SSSR count). The number of phosphoric acid groups is 1. The number of ketones is 1. The average Bonchev–Trinajstić information content (AvgIpc) is 2.84. The van der Waals surface area contributed by atoms with E-state index in [1.807, 2.05) is 0 Å². The van der Waals surface area contributed by atoms with Gasteiger partial charge in [0.1, 0.15) is 11.5 Å². The number of rotatable bonds is 13. The van der Waals surface area contributed by atoms with Gasteiger partial charge in [-0.3, -0.25) is 9.69 Å². The second-order valence-corrected chi connectivity index (χ2v) is 9.31. The van der Waals surface area contributed by atoms with Crippen molar-refractivity contribution in [2.24, 2.45) is 0 Å². The number of Topliss-reactive ketones (excluding diaryl/α,β-unsaturated/α-hetero) is 1. The first-order valence-corrected chi connectivity index (χ1v) is 13.1. The summed E-state index contributed by atoms with van der Waals surface area (Å²) in [7, 11) is -4.33. The fraction of sp³-hybridized carbons (Fsp3) is 0.296. The molecule has 0 fully saturated rings. The molecule has 1 N–H and O–H groups in total. The lowest BCUT2D eigenvalue weighted by molar-refractivity contribution is 0.0983. The summed E-state index contributed by atoms with van der Waals surface area (Å²) in [6.07, 6.45) is 2.06. The third-order valence-corrected chi connectivity index (χ3v) is 6.52. The van der Waals surface area contributed by atoms with Crippen LogP contribution < -0.4 is 9.05 Å². The van der Waals surface area contributed by atoms with Crippen LogP contribution in [0.4, 0.5) is 0 Å². The minimum Gasteiger partial charge on any atom is -0.395 e. The van der Waals surface area contributed by atoms with Crippen molar-refractivity contribution < 1.29 is 23.3 Å². The zero-order valence-electron chi connectivity index (χ0n) is 19.7. The summed E-state index contributed by atoms with van der Waals surface area (Å²) in [5.41, 5.74) is 2.95. The van der Waals surface area contributed by atoms with E-state index in [1.54, 1.807) is 42.5 Å². The summed E-state index contributed by atoms with van der Waals surface area (Å²) >= 11 is 0. The quantitative estimate of drug-likeness (QED) is 0.240. The molecule has 0 heterocycles. The molecule has 3 aromatic rings. The molecule has 34 heavy (non-hydrogen) atoms. The van der Waals surface area contributed by atoms with Crippen LogP contribution in [0.15, 0.2) is 78.9 Å². The lowest BCUT2D eigenvalue weighted by atomic mass is 10.0. The van der Waals surface area contributed by atoms with E-state index in [9.17, 15) is 14.3 Å². The van der Waals surface area contributed by atoms with Crippen LogP contribution in [0.5, 0.6) is 11.5 Å². The van der Waals surface area contributed by atoms with Gasteiger partial charge in [0.15, 0.2) is 5.78 Å². The Kier molecular flexibility index (Phi) is 9.46. The number of carbonyl (C=O) groups excluding carboxylic acids is 1. The third-order valence-electron chi connectivity index (χ3n) is 5.64. The van der Waals surface area contributed by atoms with Gasteiger partial charge in [0, 0.05) is 18.5 Å². The number of carbonyl (C=O) groups is 1. The van der Waals surface area contributed by atoms with E-state index in [1.165, 1.54) is 17.7 Å². The van der Waals surface area contributed by atoms with Crippen molar-refractivity contribution in [3.8, 4) is 11.5 Å². The molecule has 0 aliphatic heterocycles. The van der Waals surface area contributed by atoms with Gasteiger partial charge >= 0.3 is 7.82 Å². The molecule has 1 atom stereocenters. The van der Waals surface area contributed by atoms with Crippen molar-refractivity contribution in [3.05, 3.63) is 95.6 Å². The Morgan fingerprint density at radius 2 is 1.32 bits per heavy atom. The maximum atomic E-state index is 12.6. The SMILES string of the molecule is CCN(CC)CCc1ccc(CCC(=O)c2ccc(OP(=O)(O)Oc3ccccc3)cc2)cc1. The molecule has 0 saturated carbocycles. The molecule has 6 nitrogen and oxygen atoms in total. The molecule has 0 saturated heterocycles. The highest BCUT2D eigenvalue weighted by molar-refractivity contribution is 7.48. The second-order valence-electron chi connectivity index (χ2n) is 8.01. The predicted molar refractivity (Wildman–Crippen MR) is 135 cm³/mol. The molecular weight excluding hydrogens is 449 g/mol. The lowest BCUT2D eigenvalue weighted by Gasteiger charge is -2.17. The normalized spacial score (nSPS) is 12.8. The number of hydrogen-bond acceptors (Lipinski definition) is 5. The van der Waals surface area contributed by atoms with E-state index in [-0.39, 0.29) is 17.3 Å². The van der Waals surface area contributed by atoms with Gasteiger partial charge in [-0.1, -0.05) is 56.3 Å².